The Labute approximate surface area is 261 Å². The molecule has 0 atom stereocenters. The molecule has 0 saturated carbocycles. The number of methoxy groups -OCH3 is 1. The Kier molecular flexibility index (Phi) is 7.02. The fourth-order valence-corrected chi connectivity index (χ4v) is 5.33. The molecule has 0 aliphatic carbocycles. The number of aromatic nitrogens is 6. The van der Waals surface area contributed by atoms with Crippen molar-refractivity contribution >= 4 is 22.7 Å². The van der Waals surface area contributed by atoms with Crippen LogP contribution in [0, 0.1) is 0 Å². The number of phenols is 1. The van der Waals surface area contributed by atoms with Crippen molar-refractivity contribution in [2.24, 2.45) is 0 Å². The van der Waals surface area contributed by atoms with Gasteiger partial charge in [0.05, 0.1) is 36.3 Å². The van der Waals surface area contributed by atoms with E-state index in [0.29, 0.717) is 22.5 Å². The highest BCUT2D eigenvalue weighted by molar-refractivity contribution is 6.06. The minimum atomic E-state index is -0.981. The molecular weight excluding hydrogens is 584 g/mol. The SMILES string of the molecule is COC(=O)c1ccc(O)c(-n2cc(-c3ccc(-c4ccc(-c5cn(-c6cccc7c(C(=O)O)cccc67)nn5)cc4)cc3)nn2)c1. The Morgan fingerprint density at radius 3 is 1.78 bits per heavy atom. The Hall–Kier alpha value is -6.62. The van der Waals surface area contributed by atoms with Gasteiger partial charge < -0.3 is 14.9 Å². The molecule has 0 aliphatic rings. The van der Waals surface area contributed by atoms with Crippen molar-refractivity contribution in [1.29, 1.82) is 0 Å². The first-order valence-corrected chi connectivity index (χ1v) is 14.1. The number of carbonyl (C=O) groups is 2. The summed E-state index contributed by atoms with van der Waals surface area (Å²) in [5.74, 6) is -1.55. The van der Waals surface area contributed by atoms with Gasteiger partial charge in [0.2, 0.25) is 0 Å². The number of aromatic hydroxyl groups is 1. The fourth-order valence-electron chi connectivity index (χ4n) is 5.33. The van der Waals surface area contributed by atoms with Crippen molar-refractivity contribution in [3.63, 3.8) is 0 Å². The lowest BCUT2D eigenvalue weighted by Crippen LogP contribution is -2.03. The van der Waals surface area contributed by atoms with E-state index in [9.17, 15) is 19.8 Å². The van der Waals surface area contributed by atoms with Gasteiger partial charge in [-0.05, 0) is 46.8 Å². The predicted molar refractivity (Wildman–Crippen MR) is 170 cm³/mol. The highest BCUT2D eigenvalue weighted by atomic mass is 16.5. The maximum absolute atomic E-state index is 11.9. The topological polar surface area (TPSA) is 145 Å². The average Bonchev–Trinajstić information content (AvgIpc) is 3.79. The Morgan fingerprint density at radius 1 is 0.652 bits per heavy atom. The van der Waals surface area contributed by atoms with Crippen molar-refractivity contribution in [3.05, 3.63) is 127 Å². The minimum absolute atomic E-state index is 0.0478. The molecule has 7 rings (SSSR count). The predicted octanol–water partition coefficient (Wildman–Crippen LogP) is 6.19. The van der Waals surface area contributed by atoms with E-state index in [2.05, 4.69) is 20.6 Å². The zero-order valence-electron chi connectivity index (χ0n) is 24.3. The Bertz CT molecular complexity index is 2260. The number of benzene rings is 5. The summed E-state index contributed by atoms with van der Waals surface area (Å²) in [4.78, 5) is 23.6. The molecule has 0 unspecified atom stereocenters. The van der Waals surface area contributed by atoms with Gasteiger partial charge in [-0.1, -0.05) is 83.2 Å². The van der Waals surface area contributed by atoms with E-state index >= 15 is 0 Å². The van der Waals surface area contributed by atoms with Crippen molar-refractivity contribution < 1.29 is 24.5 Å². The number of hydrogen-bond donors (Lipinski definition) is 2. The molecule has 46 heavy (non-hydrogen) atoms. The Balaban J connectivity index is 1.10. The molecule has 11 nitrogen and oxygen atoms in total. The number of hydrogen-bond acceptors (Lipinski definition) is 8. The smallest absolute Gasteiger partial charge is 0.337 e. The van der Waals surface area contributed by atoms with Gasteiger partial charge in [0.25, 0.3) is 0 Å². The minimum Gasteiger partial charge on any atom is -0.506 e. The summed E-state index contributed by atoms with van der Waals surface area (Å²) in [7, 11) is 1.29. The molecule has 0 bridgehead atoms. The molecule has 0 aliphatic heterocycles. The molecule has 7 aromatic rings. The molecule has 2 heterocycles. The standard InChI is InChI=1S/C35H24N6O5/c1-46-35(45)25-16-17-33(42)32(18-25)41-20-30(37-39-41)24-14-10-22(11-15-24)21-8-12-23(13-9-21)29-19-40(38-36-29)31-7-3-4-26-27(31)5-2-6-28(26)34(43)44/h2-20,42H,1H3,(H,43,44). The summed E-state index contributed by atoms with van der Waals surface area (Å²) in [6, 6.07) is 30.9. The van der Waals surface area contributed by atoms with E-state index in [4.69, 9.17) is 4.74 Å². The highest BCUT2D eigenvalue weighted by Crippen LogP contribution is 2.30. The molecule has 5 aromatic carbocycles. The van der Waals surface area contributed by atoms with E-state index in [1.165, 1.54) is 30.0 Å². The molecule has 0 spiro atoms. The summed E-state index contributed by atoms with van der Waals surface area (Å²) in [5.41, 5.74) is 6.56. The maximum Gasteiger partial charge on any atom is 0.337 e. The lowest BCUT2D eigenvalue weighted by Gasteiger charge is -2.08. The summed E-state index contributed by atoms with van der Waals surface area (Å²) in [6.07, 6.45) is 3.50. The average molecular weight is 609 g/mol. The number of ether oxygens (including phenoxy) is 1. The van der Waals surface area contributed by atoms with Crippen LogP contribution in [-0.4, -0.2) is 59.2 Å². The van der Waals surface area contributed by atoms with Gasteiger partial charge in [0, 0.05) is 16.5 Å². The number of rotatable bonds is 7. The van der Waals surface area contributed by atoms with Gasteiger partial charge in [0.1, 0.15) is 22.8 Å². The highest BCUT2D eigenvalue weighted by Gasteiger charge is 2.15. The summed E-state index contributed by atoms with van der Waals surface area (Å²) >= 11 is 0. The first-order chi connectivity index (χ1) is 22.4. The van der Waals surface area contributed by atoms with E-state index < -0.39 is 11.9 Å². The van der Waals surface area contributed by atoms with Gasteiger partial charge >= 0.3 is 11.9 Å². The molecule has 0 radical (unpaired) electrons. The number of esters is 1. The van der Waals surface area contributed by atoms with Crippen LogP contribution in [0.5, 0.6) is 5.75 Å². The van der Waals surface area contributed by atoms with E-state index in [1.54, 1.807) is 29.1 Å². The zero-order valence-corrected chi connectivity index (χ0v) is 24.3. The number of nitrogens with zero attached hydrogens (tertiary/aromatic N) is 6. The summed E-state index contributed by atoms with van der Waals surface area (Å²) < 4.78 is 7.84. The lowest BCUT2D eigenvalue weighted by molar-refractivity contribution is 0.0599. The maximum atomic E-state index is 11.9. The van der Waals surface area contributed by atoms with Crippen LogP contribution in [0.1, 0.15) is 20.7 Å². The van der Waals surface area contributed by atoms with E-state index in [1.807, 2.05) is 72.9 Å². The molecule has 224 valence electrons. The molecule has 11 heteroatoms. The van der Waals surface area contributed by atoms with Gasteiger partial charge in [-0.25, -0.2) is 19.0 Å². The van der Waals surface area contributed by atoms with E-state index in [0.717, 1.165) is 33.3 Å². The van der Waals surface area contributed by atoms with Gasteiger partial charge in [-0.15, -0.1) is 10.2 Å². The van der Waals surface area contributed by atoms with Gasteiger partial charge in [-0.3, -0.25) is 0 Å². The summed E-state index contributed by atoms with van der Waals surface area (Å²) in [5, 5.41) is 38.4. The molecule has 2 N–H and O–H groups in total. The monoisotopic (exact) mass is 608 g/mol. The molecule has 0 amide bonds. The van der Waals surface area contributed by atoms with Crippen LogP contribution in [0.25, 0.3) is 55.8 Å². The van der Waals surface area contributed by atoms with Gasteiger partial charge in [-0.2, -0.15) is 0 Å². The van der Waals surface area contributed by atoms with Crippen molar-refractivity contribution in [2.45, 2.75) is 0 Å². The number of carbonyl (C=O) groups excluding carboxylic acids is 1. The lowest BCUT2D eigenvalue weighted by atomic mass is 10.0. The van der Waals surface area contributed by atoms with Crippen LogP contribution < -0.4 is 0 Å². The quantitative estimate of drug-likeness (QED) is 0.202. The Morgan fingerprint density at radius 2 is 1.20 bits per heavy atom. The third-order valence-electron chi connectivity index (χ3n) is 7.70. The van der Waals surface area contributed by atoms with Crippen LogP contribution in [0.2, 0.25) is 0 Å². The van der Waals surface area contributed by atoms with Crippen molar-refractivity contribution in [2.75, 3.05) is 7.11 Å². The number of carboxylic acid groups (broad SMARTS) is 1. The normalized spacial score (nSPS) is 11.1. The molecule has 0 fully saturated rings. The number of fused-ring (bicyclic) bond motifs is 1. The summed E-state index contributed by atoms with van der Waals surface area (Å²) in [6.45, 7) is 0. The van der Waals surface area contributed by atoms with Crippen molar-refractivity contribution in [3.8, 4) is 50.8 Å². The third-order valence-corrected chi connectivity index (χ3v) is 7.70. The van der Waals surface area contributed by atoms with Crippen LogP contribution in [0.4, 0.5) is 0 Å². The van der Waals surface area contributed by atoms with E-state index in [-0.39, 0.29) is 16.9 Å². The van der Waals surface area contributed by atoms with Crippen LogP contribution in [-0.2, 0) is 4.74 Å². The second-order valence-electron chi connectivity index (χ2n) is 10.4. The van der Waals surface area contributed by atoms with Crippen LogP contribution in [0.15, 0.2) is 116 Å². The second-order valence-corrected chi connectivity index (χ2v) is 10.4. The molecule has 0 saturated heterocycles. The number of phenolic OH excluding ortho intramolecular Hbond substituents is 1. The van der Waals surface area contributed by atoms with Crippen molar-refractivity contribution in [1.82, 2.24) is 30.0 Å². The third kappa shape index (κ3) is 5.11. The van der Waals surface area contributed by atoms with Gasteiger partial charge in [0.15, 0.2) is 0 Å². The molecular formula is C35H24N6O5. The first kappa shape index (κ1) is 28.2. The zero-order chi connectivity index (χ0) is 31.8. The first-order valence-electron chi connectivity index (χ1n) is 14.1. The van der Waals surface area contributed by atoms with Crippen LogP contribution in [0.3, 0.4) is 0 Å². The number of aromatic carboxylic acids is 1. The number of carboxylic acids is 1. The second kappa shape index (κ2) is 11.5. The molecule has 2 aromatic heterocycles. The fraction of sp³-hybridized carbons (Fsp3) is 0.0286. The van der Waals surface area contributed by atoms with Crippen LogP contribution >= 0.6 is 0 Å². The largest absolute Gasteiger partial charge is 0.506 e.